The minimum atomic E-state index is -0.451. The number of hydrogen-bond donors (Lipinski definition) is 2. The second kappa shape index (κ2) is 11.1. The van der Waals surface area contributed by atoms with Crippen LogP contribution in [0.3, 0.4) is 0 Å². The highest BCUT2D eigenvalue weighted by molar-refractivity contribution is 7.99. The maximum atomic E-state index is 12.5. The first-order valence-corrected chi connectivity index (χ1v) is 12.1. The molecule has 0 bridgehead atoms. The van der Waals surface area contributed by atoms with Gasteiger partial charge in [-0.15, -0.1) is 10.2 Å². The fraction of sp³-hybridized carbons (Fsp3) is 0.292. The van der Waals surface area contributed by atoms with Crippen LogP contribution in [-0.4, -0.2) is 51.2 Å². The van der Waals surface area contributed by atoms with Crippen LogP contribution in [0, 0.1) is 0 Å². The first-order valence-electron chi connectivity index (χ1n) is 11.1. The molecule has 36 heavy (non-hydrogen) atoms. The molecule has 0 atom stereocenters. The van der Waals surface area contributed by atoms with E-state index >= 15 is 0 Å². The molecule has 2 aromatic carbocycles. The molecule has 12 heteroatoms. The van der Waals surface area contributed by atoms with Gasteiger partial charge in [-0.25, -0.2) is 4.79 Å². The van der Waals surface area contributed by atoms with E-state index in [1.54, 1.807) is 67.9 Å². The topological polar surface area (TPSA) is 134 Å². The first-order chi connectivity index (χ1) is 17.3. The van der Waals surface area contributed by atoms with Crippen LogP contribution < -0.4 is 20.1 Å². The summed E-state index contributed by atoms with van der Waals surface area (Å²) in [7, 11) is 1.76. The van der Waals surface area contributed by atoms with E-state index < -0.39 is 5.97 Å². The van der Waals surface area contributed by atoms with Crippen molar-refractivity contribution >= 4 is 35.2 Å². The third kappa shape index (κ3) is 6.13. The van der Waals surface area contributed by atoms with Crippen molar-refractivity contribution in [2.45, 2.75) is 31.7 Å². The largest absolute Gasteiger partial charge is 0.459 e. The zero-order chi connectivity index (χ0) is 25.7. The summed E-state index contributed by atoms with van der Waals surface area (Å²) in [5, 5.41) is 14.3. The van der Waals surface area contributed by atoms with Gasteiger partial charge in [-0.05, 0) is 50.2 Å². The number of ether oxygens (including phenoxy) is 3. The number of carbonyl (C=O) groups is 3. The van der Waals surface area contributed by atoms with Gasteiger partial charge >= 0.3 is 5.97 Å². The van der Waals surface area contributed by atoms with Gasteiger partial charge in [0, 0.05) is 18.3 Å². The fourth-order valence-electron chi connectivity index (χ4n) is 3.26. The van der Waals surface area contributed by atoms with Crippen molar-refractivity contribution in [2.75, 3.05) is 17.9 Å². The molecular formula is C24H25N5O6S. The highest BCUT2D eigenvalue weighted by Crippen LogP contribution is 2.32. The lowest BCUT2D eigenvalue weighted by Crippen LogP contribution is -2.24. The van der Waals surface area contributed by atoms with Crippen molar-refractivity contribution in [3.63, 3.8) is 0 Å². The number of rotatable bonds is 9. The Balaban J connectivity index is 1.28. The molecule has 0 saturated heterocycles. The van der Waals surface area contributed by atoms with Crippen LogP contribution in [0.2, 0.25) is 0 Å². The molecule has 0 aliphatic carbocycles. The van der Waals surface area contributed by atoms with Crippen molar-refractivity contribution in [3.05, 3.63) is 59.4 Å². The maximum absolute atomic E-state index is 12.5. The van der Waals surface area contributed by atoms with E-state index in [0.717, 1.165) is 0 Å². The lowest BCUT2D eigenvalue weighted by Gasteiger charge is -2.10. The number of aromatic nitrogens is 3. The van der Waals surface area contributed by atoms with Gasteiger partial charge in [0.2, 0.25) is 12.7 Å². The lowest BCUT2D eigenvalue weighted by atomic mass is 10.2. The molecule has 2 amide bonds. The molecule has 0 saturated carbocycles. The van der Waals surface area contributed by atoms with Crippen LogP contribution in [0.15, 0.2) is 47.6 Å². The quantitative estimate of drug-likeness (QED) is 0.328. The summed E-state index contributed by atoms with van der Waals surface area (Å²) in [4.78, 5) is 37.0. The molecule has 0 unspecified atom stereocenters. The van der Waals surface area contributed by atoms with Gasteiger partial charge in [0.25, 0.3) is 5.91 Å². The summed E-state index contributed by atoms with van der Waals surface area (Å²) in [6.45, 7) is 3.83. The van der Waals surface area contributed by atoms with Gasteiger partial charge in [-0.1, -0.05) is 17.8 Å². The minimum absolute atomic E-state index is 0.0796. The molecule has 1 aliphatic rings. The lowest BCUT2D eigenvalue weighted by molar-refractivity contribution is -0.113. The number of fused-ring (bicyclic) bond motifs is 1. The standard InChI is InChI=1S/C24H25N5O6S/c1-14(2)35-23(32)16-5-4-6-17(9-16)26-21(30)12-36-24-28-27-20(29(24)3)11-25-22(31)15-7-8-18-19(10-15)34-13-33-18/h4-10,14H,11-13H2,1-3H3,(H,25,31)(H,26,30). The minimum Gasteiger partial charge on any atom is -0.459 e. The molecule has 1 aromatic heterocycles. The zero-order valence-corrected chi connectivity index (χ0v) is 20.8. The molecule has 0 spiro atoms. The number of amides is 2. The Kier molecular flexibility index (Phi) is 7.74. The molecule has 4 rings (SSSR count). The summed E-state index contributed by atoms with van der Waals surface area (Å²) in [6.07, 6.45) is -0.236. The molecule has 188 valence electrons. The fourth-order valence-corrected chi connectivity index (χ4v) is 3.99. The number of esters is 1. The molecule has 0 radical (unpaired) electrons. The molecule has 2 heterocycles. The van der Waals surface area contributed by atoms with Crippen LogP contribution >= 0.6 is 11.8 Å². The van der Waals surface area contributed by atoms with Crippen LogP contribution in [0.4, 0.5) is 5.69 Å². The SMILES string of the molecule is CC(C)OC(=O)c1cccc(NC(=O)CSc2nnc(CNC(=O)c3ccc4c(c3)OCO4)n2C)c1. The number of thioether (sulfide) groups is 1. The van der Waals surface area contributed by atoms with Crippen LogP contribution in [0.25, 0.3) is 0 Å². The number of nitrogens with zero attached hydrogens (tertiary/aromatic N) is 3. The number of benzene rings is 2. The van der Waals surface area contributed by atoms with Crippen molar-refractivity contribution in [1.82, 2.24) is 20.1 Å². The smallest absolute Gasteiger partial charge is 0.338 e. The molecule has 1 aliphatic heterocycles. The average Bonchev–Trinajstić information content (AvgIpc) is 3.46. The Labute approximate surface area is 211 Å². The van der Waals surface area contributed by atoms with Gasteiger partial charge in [0.15, 0.2) is 22.5 Å². The summed E-state index contributed by atoms with van der Waals surface area (Å²) >= 11 is 1.20. The number of nitrogens with one attached hydrogen (secondary N) is 2. The second-order valence-corrected chi connectivity index (χ2v) is 9.02. The Morgan fingerprint density at radius 3 is 2.69 bits per heavy atom. The van der Waals surface area contributed by atoms with Crippen molar-refractivity contribution in [2.24, 2.45) is 7.05 Å². The van der Waals surface area contributed by atoms with Crippen molar-refractivity contribution < 1.29 is 28.6 Å². The summed E-state index contributed by atoms with van der Waals surface area (Å²) < 4.78 is 17.5. The van der Waals surface area contributed by atoms with E-state index in [1.165, 1.54) is 11.8 Å². The van der Waals surface area contributed by atoms with E-state index in [9.17, 15) is 14.4 Å². The first kappa shape index (κ1) is 25.0. The van der Waals surface area contributed by atoms with Gasteiger partial charge in [0.1, 0.15) is 0 Å². The predicted molar refractivity (Wildman–Crippen MR) is 131 cm³/mol. The number of hydrogen-bond acceptors (Lipinski definition) is 9. The Hall–Kier alpha value is -4.06. The second-order valence-electron chi connectivity index (χ2n) is 8.08. The molecule has 2 N–H and O–H groups in total. The van der Waals surface area contributed by atoms with E-state index in [-0.39, 0.29) is 37.0 Å². The van der Waals surface area contributed by atoms with Crippen molar-refractivity contribution in [1.29, 1.82) is 0 Å². The van der Waals surface area contributed by atoms with Gasteiger partial charge in [0.05, 0.1) is 24.0 Å². The molecule has 3 aromatic rings. The maximum Gasteiger partial charge on any atom is 0.338 e. The summed E-state index contributed by atoms with van der Waals surface area (Å²) in [5.41, 5.74) is 1.29. The van der Waals surface area contributed by atoms with Gasteiger partial charge in [-0.2, -0.15) is 0 Å². The monoisotopic (exact) mass is 511 g/mol. The van der Waals surface area contributed by atoms with E-state index in [4.69, 9.17) is 14.2 Å². The molecular weight excluding hydrogens is 486 g/mol. The van der Waals surface area contributed by atoms with Gasteiger partial charge < -0.3 is 29.4 Å². The van der Waals surface area contributed by atoms with E-state index in [0.29, 0.717) is 39.3 Å². The number of anilines is 1. The highest BCUT2D eigenvalue weighted by atomic mass is 32.2. The van der Waals surface area contributed by atoms with E-state index in [1.807, 2.05) is 0 Å². The van der Waals surface area contributed by atoms with Crippen LogP contribution in [-0.2, 0) is 23.1 Å². The third-order valence-electron chi connectivity index (χ3n) is 5.02. The Morgan fingerprint density at radius 2 is 1.89 bits per heavy atom. The number of carbonyl (C=O) groups excluding carboxylic acids is 3. The normalized spacial score (nSPS) is 11.9. The van der Waals surface area contributed by atoms with Gasteiger partial charge in [-0.3, -0.25) is 9.59 Å². The third-order valence-corrected chi connectivity index (χ3v) is 6.04. The zero-order valence-electron chi connectivity index (χ0n) is 19.9. The summed E-state index contributed by atoms with van der Waals surface area (Å²) in [5.74, 6) is 0.735. The molecule has 0 fully saturated rings. The van der Waals surface area contributed by atoms with Crippen LogP contribution in [0.1, 0.15) is 40.4 Å². The molecule has 11 nitrogen and oxygen atoms in total. The van der Waals surface area contributed by atoms with Crippen LogP contribution in [0.5, 0.6) is 11.5 Å². The Bertz CT molecular complexity index is 1290. The average molecular weight is 512 g/mol. The summed E-state index contributed by atoms with van der Waals surface area (Å²) in [6, 6.07) is 11.5. The predicted octanol–water partition coefficient (Wildman–Crippen LogP) is 2.77. The van der Waals surface area contributed by atoms with E-state index in [2.05, 4.69) is 20.8 Å². The Morgan fingerprint density at radius 1 is 1.08 bits per heavy atom. The highest BCUT2D eigenvalue weighted by Gasteiger charge is 2.18. The van der Waals surface area contributed by atoms with Crippen molar-refractivity contribution in [3.8, 4) is 11.5 Å².